The minimum atomic E-state index is -0.688. The van der Waals surface area contributed by atoms with E-state index >= 15 is 0 Å². The topological polar surface area (TPSA) is 71.5 Å². The lowest BCUT2D eigenvalue weighted by atomic mass is 10.0. The van der Waals surface area contributed by atoms with Crippen LogP contribution >= 0.6 is 0 Å². The number of hydrogen-bond acceptors (Lipinski definition) is 4. The maximum absolute atomic E-state index is 11.8. The van der Waals surface area contributed by atoms with Crippen LogP contribution in [0.25, 0.3) is 0 Å². The van der Waals surface area contributed by atoms with Crippen molar-refractivity contribution in [2.24, 2.45) is 0 Å². The first-order valence-corrected chi connectivity index (χ1v) is 7.70. The Labute approximate surface area is 136 Å². The number of carbonyl (C=O) groups excluding carboxylic acids is 1. The molecule has 2 aromatic rings. The number of aryl methyl sites for hydroxylation is 1. The van der Waals surface area contributed by atoms with E-state index in [-0.39, 0.29) is 12.5 Å². The molecule has 1 atom stereocenters. The van der Waals surface area contributed by atoms with Gasteiger partial charge in [-0.1, -0.05) is 24.3 Å². The number of amides is 1. The Morgan fingerprint density at radius 2 is 2.13 bits per heavy atom. The molecule has 0 radical (unpaired) electrons. The second kappa shape index (κ2) is 8.90. The molecule has 0 saturated heterocycles. The molecule has 2 N–H and O–H groups in total. The van der Waals surface area contributed by atoms with Gasteiger partial charge in [-0.15, -0.1) is 0 Å². The van der Waals surface area contributed by atoms with Gasteiger partial charge in [-0.2, -0.15) is 0 Å². The highest BCUT2D eigenvalue weighted by atomic mass is 16.5. The smallest absolute Gasteiger partial charge is 0.220 e. The van der Waals surface area contributed by atoms with Crippen LogP contribution < -0.4 is 10.1 Å². The molecule has 0 saturated carbocycles. The van der Waals surface area contributed by atoms with Crippen LogP contribution in [-0.4, -0.2) is 29.1 Å². The molecule has 1 aromatic carbocycles. The number of ether oxygens (including phenoxy) is 1. The van der Waals surface area contributed by atoms with E-state index in [0.29, 0.717) is 25.2 Å². The molecule has 1 aromatic heterocycles. The lowest BCUT2D eigenvalue weighted by Gasteiger charge is -2.14. The number of hydrogen-bond donors (Lipinski definition) is 2. The average molecular weight is 314 g/mol. The molecule has 0 fully saturated rings. The number of aliphatic hydroxyl groups excluding tert-OH is 1. The predicted molar refractivity (Wildman–Crippen MR) is 88.1 cm³/mol. The fourth-order valence-corrected chi connectivity index (χ4v) is 2.22. The molecule has 1 amide bonds. The number of aliphatic hydroxyl groups is 1. The summed E-state index contributed by atoms with van der Waals surface area (Å²) in [6, 6.07) is 11.2. The molecular weight excluding hydrogens is 292 g/mol. The van der Waals surface area contributed by atoms with E-state index in [9.17, 15) is 9.90 Å². The lowest BCUT2D eigenvalue weighted by molar-refractivity contribution is -0.121. The molecule has 0 bridgehead atoms. The molecule has 122 valence electrons. The van der Waals surface area contributed by atoms with Crippen molar-refractivity contribution in [1.29, 1.82) is 0 Å². The third kappa shape index (κ3) is 5.71. The van der Waals surface area contributed by atoms with Gasteiger partial charge >= 0.3 is 0 Å². The van der Waals surface area contributed by atoms with Crippen molar-refractivity contribution in [3.63, 3.8) is 0 Å². The van der Waals surface area contributed by atoms with E-state index < -0.39 is 6.10 Å². The van der Waals surface area contributed by atoms with Gasteiger partial charge in [0.25, 0.3) is 0 Å². The number of pyridine rings is 1. The molecule has 23 heavy (non-hydrogen) atoms. The zero-order chi connectivity index (χ0) is 16.5. The van der Waals surface area contributed by atoms with Crippen LogP contribution in [0.2, 0.25) is 0 Å². The first kappa shape index (κ1) is 17.0. The van der Waals surface area contributed by atoms with Gasteiger partial charge in [0.15, 0.2) is 0 Å². The van der Waals surface area contributed by atoms with E-state index in [1.54, 1.807) is 18.5 Å². The standard InChI is InChI=1S/C18H22N2O3/c1-14-6-2-3-8-16(14)17(21)13-20-18(22)9-5-11-23-15-7-4-10-19-12-15/h2-4,6-8,10,12,17,21H,5,9,11,13H2,1H3,(H,20,22). The normalized spacial score (nSPS) is 11.7. The van der Waals surface area contributed by atoms with Crippen LogP contribution in [0.1, 0.15) is 30.1 Å². The number of benzene rings is 1. The maximum Gasteiger partial charge on any atom is 0.220 e. The van der Waals surface area contributed by atoms with E-state index in [0.717, 1.165) is 11.1 Å². The Kier molecular flexibility index (Phi) is 6.56. The zero-order valence-electron chi connectivity index (χ0n) is 13.2. The summed E-state index contributed by atoms with van der Waals surface area (Å²) in [5.74, 6) is 0.607. The van der Waals surface area contributed by atoms with Crippen LogP contribution in [-0.2, 0) is 4.79 Å². The van der Waals surface area contributed by atoms with Crippen molar-refractivity contribution >= 4 is 5.91 Å². The monoisotopic (exact) mass is 314 g/mol. The van der Waals surface area contributed by atoms with Crippen LogP contribution in [0.15, 0.2) is 48.8 Å². The fourth-order valence-electron chi connectivity index (χ4n) is 2.22. The van der Waals surface area contributed by atoms with E-state index in [1.165, 1.54) is 0 Å². The first-order chi connectivity index (χ1) is 11.2. The quantitative estimate of drug-likeness (QED) is 0.734. The highest BCUT2D eigenvalue weighted by Crippen LogP contribution is 2.16. The van der Waals surface area contributed by atoms with Crippen LogP contribution in [0.3, 0.4) is 0 Å². The summed E-state index contributed by atoms with van der Waals surface area (Å²) in [5.41, 5.74) is 1.85. The third-order valence-electron chi connectivity index (χ3n) is 3.49. The van der Waals surface area contributed by atoms with Gasteiger partial charge in [0.1, 0.15) is 5.75 Å². The summed E-state index contributed by atoms with van der Waals surface area (Å²) in [7, 11) is 0. The molecule has 5 heteroatoms. The van der Waals surface area contributed by atoms with Gasteiger partial charge in [0.2, 0.25) is 5.91 Å². The van der Waals surface area contributed by atoms with Crippen LogP contribution in [0.5, 0.6) is 5.75 Å². The van der Waals surface area contributed by atoms with Crippen molar-refractivity contribution < 1.29 is 14.6 Å². The van der Waals surface area contributed by atoms with Gasteiger partial charge in [0.05, 0.1) is 18.9 Å². The molecule has 5 nitrogen and oxygen atoms in total. The van der Waals surface area contributed by atoms with Gasteiger partial charge in [-0.3, -0.25) is 9.78 Å². The number of aromatic nitrogens is 1. The SMILES string of the molecule is Cc1ccccc1C(O)CNC(=O)CCCOc1cccnc1. The first-order valence-electron chi connectivity index (χ1n) is 7.70. The number of nitrogens with one attached hydrogen (secondary N) is 1. The molecule has 0 aliphatic heterocycles. The minimum absolute atomic E-state index is 0.0904. The highest BCUT2D eigenvalue weighted by Gasteiger charge is 2.11. The van der Waals surface area contributed by atoms with E-state index in [2.05, 4.69) is 10.3 Å². The Morgan fingerprint density at radius 1 is 1.30 bits per heavy atom. The van der Waals surface area contributed by atoms with Gasteiger partial charge < -0.3 is 15.2 Å². The molecule has 0 aliphatic rings. The van der Waals surface area contributed by atoms with E-state index in [4.69, 9.17) is 4.74 Å². The van der Waals surface area contributed by atoms with Gasteiger partial charge in [-0.25, -0.2) is 0 Å². The summed E-state index contributed by atoms with van der Waals surface area (Å²) >= 11 is 0. The molecular formula is C18H22N2O3. The molecule has 1 heterocycles. The van der Waals surface area contributed by atoms with Crippen molar-refractivity contribution in [2.45, 2.75) is 25.9 Å². The number of carbonyl (C=O) groups is 1. The maximum atomic E-state index is 11.8. The Balaban J connectivity index is 1.64. The molecule has 1 unspecified atom stereocenters. The van der Waals surface area contributed by atoms with Crippen molar-refractivity contribution in [3.05, 3.63) is 59.9 Å². The highest BCUT2D eigenvalue weighted by molar-refractivity contribution is 5.75. The second-order valence-corrected chi connectivity index (χ2v) is 5.32. The second-order valence-electron chi connectivity index (χ2n) is 5.32. The van der Waals surface area contributed by atoms with Gasteiger partial charge in [0, 0.05) is 19.2 Å². The number of rotatable bonds is 8. The molecule has 0 aliphatic carbocycles. The van der Waals surface area contributed by atoms with Crippen molar-refractivity contribution in [3.8, 4) is 5.75 Å². The van der Waals surface area contributed by atoms with E-state index in [1.807, 2.05) is 37.3 Å². The lowest BCUT2D eigenvalue weighted by Crippen LogP contribution is -2.28. The summed E-state index contributed by atoms with van der Waals surface area (Å²) in [5, 5.41) is 12.9. The Morgan fingerprint density at radius 3 is 2.87 bits per heavy atom. The largest absolute Gasteiger partial charge is 0.492 e. The molecule has 0 spiro atoms. The third-order valence-corrected chi connectivity index (χ3v) is 3.49. The number of nitrogens with zero attached hydrogens (tertiary/aromatic N) is 1. The fraction of sp³-hybridized carbons (Fsp3) is 0.333. The van der Waals surface area contributed by atoms with Crippen molar-refractivity contribution in [1.82, 2.24) is 10.3 Å². The Hall–Kier alpha value is -2.40. The average Bonchev–Trinajstić information content (AvgIpc) is 2.58. The minimum Gasteiger partial charge on any atom is -0.492 e. The van der Waals surface area contributed by atoms with Gasteiger partial charge in [-0.05, 0) is 36.6 Å². The summed E-state index contributed by atoms with van der Waals surface area (Å²) in [6.45, 7) is 2.61. The zero-order valence-corrected chi connectivity index (χ0v) is 13.2. The van der Waals surface area contributed by atoms with Crippen LogP contribution in [0, 0.1) is 6.92 Å². The summed E-state index contributed by atoms with van der Waals surface area (Å²) in [6.07, 6.45) is 3.60. The predicted octanol–water partition coefficient (Wildman–Crippen LogP) is 2.40. The molecule has 2 rings (SSSR count). The Bertz CT molecular complexity index is 617. The van der Waals surface area contributed by atoms with Crippen LogP contribution in [0.4, 0.5) is 0 Å². The van der Waals surface area contributed by atoms with Crippen molar-refractivity contribution in [2.75, 3.05) is 13.2 Å². The summed E-state index contributed by atoms with van der Waals surface area (Å²) < 4.78 is 5.48. The summed E-state index contributed by atoms with van der Waals surface area (Å²) in [4.78, 5) is 15.7.